The Labute approximate surface area is 205 Å². The van der Waals surface area contributed by atoms with Gasteiger partial charge in [0, 0.05) is 11.5 Å². The number of carbonyl (C=O) groups excluding carboxylic acids is 1. The smallest absolute Gasteiger partial charge is 0.188 e. The highest BCUT2D eigenvalue weighted by atomic mass is 16.7. The van der Waals surface area contributed by atoms with Crippen molar-refractivity contribution in [3.8, 4) is 0 Å². The molecule has 3 nitrogen and oxygen atoms in total. The van der Waals surface area contributed by atoms with Gasteiger partial charge in [0.05, 0.1) is 5.69 Å². The molecule has 0 bridgehead atoms. The first-order chi connectivity index (χ1) is 17.3. The first-order valence-corrected chi connectivity index (χ1v) is 11.9. The lowest BCUT2D eigenvalue weighted by molar-refractivity contribution is 0.0885. The monoisotopic (exact) mass is 455 g/mol. The highest BCUT2D eigenvalue weighted by Gasteiger charge is 2.50. The Bertz CT molecular complexity index is 1340. The van der Waals surface area contributed by atoms with Gasteiger partial charge >= 0.3 is 0 Å². The Morgan fingerprint density at radius 3 is 1.66 bits per heavy atom. The van der Waals surface area contributed by atoms with E-state index >= 15 is 0 Å². The second kappa shape index (κ2) is 9.21. The van der Waals surface area contributed by atoms with Crippen molar-refractivity contribution in [2.24, 2.45) is 5.92 Å². The summed E-state index contributed by atoms with van der Waals surface area (Å²) in [5, 5.41) is 1.82. The molecule has 3 atom stereocenters. The van der Waals surface area contributed by atoms with Gasteiger partial charge in [-0.1, -0.05) is 121 Å². The first kappa shape index (κ1) is 21.3. The molecule has 0 spiro atoms. The maximum atomic E-state index is 14.0. The van der Waals surface area contributed by atoms with Crippen molar-refractivity contribution in [3.05, 3.63) is 156 Å². The average Bonchev–Trinajstić information content (AvgIpc) is 3.51. The van der Waals surface area contributed by atoms with Gasteiger partial charge in [0.25, 0.3) is 0 Å². The molecule has 0 saturated carbocycles. The van der Waals surface area contributed by atoms with Crippen molar-refractivity contribution in [2.75, 3.05) is 5.06 Å². The summed E-state index contributed by atoms with van der Waals surface area (Å²) in [5.74, 6) is -0.0815. The summed E-state index contributed by atoms with van der Waals surface area (Å²) in [6.07, 6.45) is 4.03. The molecule has 4 aromatic rings. The lowest BCUT2D eigenvalue weighted by Crippen LogP contribution is -2.40. The predicted octanol–water partition coefficient (Wildman–Crippen LogP) is 6.75. The number of nitrogens with zero attached hydrogens (tertiary/aromatic N) is 1. The number of allylic oxidation sites excluding steroid dienone is 1. The fraction of sp³-hybridized carbons (Fsp3) is 0.0938. The van der Waals surface area contributed by atoms with Crippen molar-refractivity contribution < 1.29 is 9.63 Å². The Morgan fingerprint density at radius 1 is 0.629 bits per heavy atom. The number of carbonyl (C=O) groups is 1. The van der Waals surface area contributed by atoms with E-state index in [-0.39, 0.29) is 17.8 Å². The lowest BCUT2D eigenvalue weighted by Gasteiger charge is -2.27. The van der Waals surface area contributed by atoms with E-state index in [9.17, 15) is 4.79 Å². The molecule has 0 amide bonds. The Morgan fingerprint density at radius 2 is 1.11 bits per heavy atom. The standard InChI is InChI=1S/C32H25NO2/c34-32(25-17-9-3-10-18-25)31-30-27(21-22-28(30)35-33(31)26-19-11-4-12-20-26)29(23-13-5-1-6-14-23)24-15-7-2-8-16-24/h1-22,28,30-31H/t28-,30+,31+/m1/s1. The topological polar surface area (TPSA) is 29.5 Å². The minimum atomic E-state index is -0.489. The fourth-order valence-corrected chi connectivity index (χ4v) is 5.20. The van der Waals surface area contributed by atoms with E-state index in [0.29, 0.717) is 5.56 Å². The van der Waals surface area contributed by atoms with E-state index < -0.39 is 6.04 Å². The number of para-hydroxylation sites is 1. The highest BCUT2D eigenvalue weighted by molar-refractivity contribution is 6.03. The predicted molar refractivity (Wildman–Crippen MR) is 140 cm³/mol. The maximum Gasteiger partial charge on any atom is 0.188 e. The quantitative estimate of drug-likeness (QED) is 0.312. The molecule has 0 aromatic heterocycles. The summed E-state index contributed by atoms with van der Waals surface area (Å²) in [4.78, 5) is 20.5. The van der Waals surface area contributed by atoms with Crippen molar-refractivity contribution in [1.82, 2.24) is 0 Å². The average molecular weight is 456 g/mol. The van der Waals surface area contributed by atoms with Gasteiger partial charge in [-0.3, -0.25) is 9.63 Å². The zero-order valence-corrected chi connectivity index (χ0v) is 19.2. The Hall–Kier alpha value is -4.21. The van der Waals surface area contributed by atoms with Gasteiger partial charge in [-0.15, -0.1) is 0 Å². The maximum absolute atomic E-state index is 14.0. The van der Waals surface area contributed by atoms with E-state index in [2.05, 4.69) is 60.7 Å². The van der Waals surface area contributed by atoms with Crippen LogP contribution in [0.2, 0.25) is 0 Å². The normalized spacial score (nSPS) is 20.6. The SMILES string of the molecule is O=C(c1ccccc1)[C@@H]1[C@H]2C(=C(c3ccccc3)c3ccccc3)C=C[C@H]2ON1c1ccccc1. The second-order valence-corrected chi connectivity index (χ2v) is 8.85. The first-order valence-electron chi connectivity index (χ1n) is 11.9. The van der Waals surface area contributed by atoms with E-state index in [1.165, 1.54) is 0 Å². The molecule has 6 rings (SSSR count). The van der Waals surface area contributed by atoms with Crippen molar-refractivity contribution in [1.29, 1.82) is 0 Å². The van der Waals surface area contributed by atoms with Crippen molar-refractivity contribution in [2.45, 2.75) is 12.1 Å². The van der Waals surface area contributed by atoms with Crippen LogP contribution in [-0.4, -0.2) is 17.9 Å². The molecule has 4 aromatic carbocycles. The van der Waals surface area contributed by atoms with Crippen LogP contribution in [0.25, 0.3) is 5.57 Å². The van der Waals surface area contributed by atoms with E-state index in [4.69, 9.17) is 4.84 Å². The van der Waals surface area contributed by atoms with Crippen LogP contribution < -0.4 is 5.06 Å². The molecular weight excluding hydrogens is 430 g/mol. The lowest BCUT2D eigenvalue weighted by atomic mass is 9.81. The van der Waals surface area contributed by atoms with Crippen LogP contribution in [0, 0.1) is 5.92 Å². The number of hydroxylamine groups is 1. The minimum absolute atomic E-state index is 0.0589. The molecule has 2 aliphatic rings. The molecule has 1 aliphatic carbocycles. The molecular formula is C32H25NO2. The summed E-state index contributed by atoms with van der Waals surface area (Å²) >= 11 is 0. The molecule has 0 N–H and O–H groups in total. The van der Waals surface area contributed by atoms with Crippen LogP contribution in [0.5, 0.6) is 0 Å². The number of rotatable bonds is 5. The largest absolute Gasteiger partial charge is 0.292 e. The molecule has 3 heteroatoms. The van der Waals surface area contributed by atoms with E-state index in [0.717, 1.165) is 28.0 Å². The molecule has 35 heavy (non-hydrogen) atoms. The molecule has 1 fully saturated rings. The molecule has 1 heterocycles. The number of hydrogen-bond donors (Lipinski definition) is 0. The number of anilines is 1. The van der Waals surface area contributed by atoms with Gasteiger partial charge in [-0.05, 0) is 34.4 Å². The van der Waals surface area contributed by atoms with Crippen LogP contribution in [0.4, 0.5) is 5.69 Å². The Kier molecular flexibility index (Phi) is 5.61. The number of ketones is 1. The van der Waals surface area contributed by atoms with Gasteiger partial charge in [0.15, 0.2) is 5.78 Å². The highest BCUT2D eigenvalue weighted by Crippen LogP contribution is 2.46. The molecule has 1 saturated heterocycles. The van der Waals surface area contributed by atoms with Crippen molar-refractivity contribution in [3.63, 3.8) is 0 Å². The molecule has 170 valence electrons. The van der Waals surface area contributed by atoms with Crippen LogP contribution in [0.3, 0.4) is 0 Å². The number of Topliss-reactive ketones (excluding diaryl/α,β-unsaturated/α-hetero) is 1. The zero-order chi connectivity index (χ0) is 23.6. The van der Waals surface area contributed by atoms with Crippen LogP contribution in [-0.2, 0) is 4.84 Å². The van der Waals surface area contributed by atoms with Crippen molar-refractivity contribution >= 4 is 17.0 Å². The molecule has 0 unspecified atom stereocenters. The summed E-state index contributed by atoms with van der Waals surface area (Å²) < 4.78 is 0. The van der Waals surface area contributed by atoms with Gasteiger partial charge in [0.2, 0.25) is 0 Å². The number of hydrogen-bond acceptors (Lipinski definition) is 3. The third kappa shape index (κ3) is 3.90. The third-order valence-electron chi connectivity index (χ3n) is 6.76. The van der Waals surface area contributed by atoms with Gasteiger partial charge in [-0.2, -0.15) is 0 Å². The minimum Gasteiger partial charge on any atom is -0.292 e. The molecule has 0 radical (unpaired) electrons. The van der Waals surface area contributed by atoms with E-state index in [1.807, 2.05) is 77.9 Å². The van der Waals surface area contributed by atoms with Crippen LogP contribution >= 0.6 is 0 Å². The fourth-order valence-electron chi connectivity index (χ4n) is 5.20. The summed E-state index contributed by atoms with van der Waals surface area (Å²) in [6.45, 7) is 0. The third-order valence-corrected chi connectivity index (χ3v) is 6.76. The summed E-state index contributed by atoms with van der Waals surface area (Å²) in [6, 6.07) is 39.8. The van der Waals surface area contributed by atoms with Gasteiger partial charge in [0.1, 0.15) is 12.1 Å². The Balaban J connectivity index is 1.54. The van der Waals surface area contributed by atoms with Crippen LogP contribution in [0.15, 0.2) is 139 Å². The van der Waals surface area contributed by atoms with Gasteiger partial charge < -0.3 is 0 Å². The zero-order valence-electron chi connectivity index (χ0n) is 19.2. The summed E-state index contributed by atoms with van der Waals surface area (Å²) in [5.41, 5.74) is 6.09. The van der Waals surface area contributed by atoms with Gasteiger partial charge in [-0.25, -0.2) is 5.06 Å². The van der Waals surface area contributed by atoms with E-state index in [1.54, 1.807) is 0 Å². The summed E-state index contributed by atoms with van der Waals surface area (Å²) in [7, 11) is 0. The van der Waals surface area contributed by atoms with Crippen LogP contribution in [0.1, 0.15) is 21.5 Å². The second-order valence-electron chi connectivity index (χ2n) is 8.85. The molecule has 1 aliphatic heterocycles. The number of benzene rings is 4. The number of fused-ring (bicyclic) bond motifs is 1.